The number of rotatable bonds is 3. The number of nitrogens with two attached hydrogens (primary N) is 1. The molecule has 35 heavy (non-hydrogen) atoms. The maximum absolute atomic E-state index is 14.4. The fraction of sp³-hybridized carbons (Fsp3) is 0.107. The van der Waals surface area contributed by atoms with Crippen molar-refractivity contribution >= 4 is 11.6 Å². The third-order valence-corrected chi connectivity index (χ3v) is 6.69. The van der Waals surface area contributed by atoms with Gasteiger partial charge in [0, 0.05) is 23.4 Å². The number of anilines is 1. The van der Waals surface area contributed by atoms with E-state index in [4.69, 9.17) is 15.6 Å². The second kappa shape index (κ2) is 7.61. The molecule has 0 bridgehead atoms. The van der Waals surface area contributed by atoms with Crippen LogP contribution < -0.4 is 15.4 Å². The lowest BCUT2D eigenvalue weighted by molar-refractivity contribution is -0.120. The second-order valence-corrected chi connectivity index (χ2v) is 8.41. The van der Waals surface area contributed by atoms with Gasteiger partial charge in [0.1, 0.15) is 22.8 Å². The summed E-state index contributed by atoms with van der Waals surface area (Å²) in [6.45, 7) is 2.36. The van der Waals surface area contributed by atoms with E-state index in [2.05, 4.69) is 6.07 Å². The summed E-state index contributed by atoms with van der Waals surface area (Å²) in [5.41, 5.74) is 9.06. The molecule has 2 aliphatic rings. The molecule has 0 saturated heterocycles. The number of benzene rings is 3. The molecule has 7 nitrogen and oxygen atoms in total. The Bertz CT molecular complexity index is 1550. The molecule has 2 N–H and O–H groups in total. The molecule has 0 fully saturated rings. The van der Waals surface area contributed by atoms with E-state index in [-0.39, 0.29) is 17.4 Å². The lowest BCUT2D eigenvalue weighted by Crippen LogP contribution is -2.46. The first-order chi connectivity index (χ1) is 17.1. The fourth-order valence-electron chi connectivity index (χ4n) is 5.23. The summed E-state index contributed by atoms with van der Waals surface area (Å²) < 4.78 is 7.76. The van der Waals surface area contributed by atoms with Crippen LogP contribution in [0.4, 0.5) is 5.69 Å². The minimum atomic E-state index is -1.47. The summed E-state index contributed by atoms with van der Waals surface area (Å²) in [5.74, 6) is -0.0134. The van der Waals surface area contributed by atoms with Crippen LogP contribution in [0.2, 0.25) is 0 Å². The van der Waals surface area contributed by atoms with Crippen LogP contribution in [0.3, 0.4) is 0 Å². The Morgan fingerprint density at radius 3 is 2.34 bits per heavy atom. The van der Waals surface area contributed by atoms with Gasteiger partial charge in [-0.2, -0.15) is 15.0 Å². The highest BCUT2D eigenvalue weighted by Crippen LogP contribution is 2.57. The Hall–Kier alpha value is -4.83. The zero-order valence-corrected chi connectivity index (χ0v) is 19.0. The molecule has 0 aliphatic carbocycles. The number of ether oxygens (including phenoxy) is 1. The van der Waals surface area contributed by atoms with Crippen molar-refractivity contribution in [3.05, 3.63) is 108 Å². The van der Waals surface area contributed by atoms with E-state index in [1.807, 2.05) is 91.9 Å². The molecule has 0 radical (unpaired) electrons. The summed E-state index contributed by atoms with van der Waals surface area (Å²) in [7, 11) is 0. The maximum Gasteiger partial charge on any atom is 0.247 e. The quantitative estimate of drug-likeness (QED) is 0.493. The van der Waals surface area contributed by atoms with Crippen molar-refractivity contribution < 1.29 is 9.53 Å². The highest BCUT2D eigenvalue weighted by Gasteiger charge is 2.61. The number of para-hydroxylation sites is 2. The van der Waals surface area contributed by atoms with E-state index < -0.39 is 5.41 Å². The lowest BCUT2D eigenvalue weighted by atomic mass is 9.68. The minimum Gasteiger partial charge on any atom is -0.422 e. The number of nitrogens with zero attached hydrogens (tertiary/aromatic N) is 4. The van der Waals surface area contributed by atoms with Gasteiger partial charge in [-0.3, -0.25) is 4.79 Å². The Kier molecular flexibility index (Phi) is 4.51. The number of hydrogen-bond donors (Lipinski definition) is 1. The van der Waals surface area contributed by atoms with Crippen molar-refractivity contribution in [2.24, 2.45) is 5.73 Å². The number of carbonyl (C=O) groups is 1. The predicted octanol–water partition coefficient (Wildman–Crippen LogP) is 4.28. The van der Waals surface area contributed by atoms with Crippen molar-refractivity contribution in [2.45, 2.75) is 12.3 Å². The normalized spacial score (nSPS) is 18.3. The van der Waals surface area contributed by atoms with Gasteiger partial charge in [-0.25, -0.2) is 0 Å². The van der Waals surface area contributed by atoms with E-state index in [1.165, 1.54) is 0 Å². The number of carbonyl (C=O) groups excluding carboxylic acids is 1. The van der Waals surface area contributed by atoms with Gasteiger partial charge in [0.25, 0.3) is 0 Å². The molecule has 0 saturated carbocycles. The van der Waals surface area contributed by atoms with Gasteiger partial charge in [0.2, 0.25) is 17.7 Å². The first-order valence-corrected chi connectivity index (χ1v) is 11.4. The zero-order chi connectivity index (χ0) is 24.2. The average Bonchev–Trinajstić information content (AvgIpc) is 3.39. The Morgan fingerprint density at radius 2 is 1.66 bits per heavy atom. The third-order valence-electron chi connectivity index (χ3n) is 6.69. The van der Waals surface area contributed by atoms with Gasteiger partial charge < -0.3 is 15.4 Å². The molecule has 1 spiro atoms. The van der Waals surface area contributed by atoms with Crippen LogP contribution in [0.1, 0.15) is 18.1 Å². The molecule has 6 rings (SSSR count). The number of amides is 1. The number of fused-ring (bicyclic) bond motifs is 4. The molecule has 4 aromatic rings. The number of aromatic nitrogens is 2. The van der Waals surface area contributed by atoms with E-state index in [9.17, 15) is 10.1 Å². The monoisotopic (exact) mass is 459 g/mol. The van der Waals surface area contributed by atoms with Gasteiger partial charge >= 0.3 is 0 Å². The summed E-state index contributed by atoms with van der Waals surface area (Å²) in [4.78, 5) is 16.1. The number of nitriles is 1. The van der Waals surface area contributed by atoms with Crippen molar-refractivity contribution in [1.29, 1.82) is 5.26 Å². The molecule has 1 amide bonds. The maximum atomic E-state index is 14.4. The Balaban J connectivity index is 1.79. The van der Waals surface area contributed by atoms with Crippen LogP contribution in [0, 0.1) is 11.3 Å². The van der Waals surface area contributed by atoms with E-state index in [0.717, 1.165) is 16.9 Å². The molecule has 3 heterocycles. The Labute approximate surface area is 202 Å². The molecular weight excluding hydrogens is 438 g/mol. The first-order valence-electron chi connectivity index (χ1n) is 11.4. The molecule has 2 aliphatic heterocycles. The predicted molar refractivity (Wildman–Crippen MR) is 132 cm³/mol. The number of hydrogen-bond acceptors (Lipinski definition) is 5. The van der Waals surface area contributed by atoms with Gasteiger partial charge in [-0.05, 0) is 25.1 Å². The van der Waals surface area contributed by atoms with Crippen LogP contribution in [0.25, 0.3) is 16.9 Å². The second-order valence-electron chi connectivity index (χ2n) is 8.41. The fourth-order valence-corrected chi connectivity index (χ4v) is 5.23. The summed E-state index contributed by atoms with van der Waals surface area (Å²) in [5, 5.41) is 15.3. The molecule has 3 aromatic carbocycles. The van der Waals surface area contributed by atoms with Crippen molar-refractivity contribution in [3.63, 3.8) is 0 Å². The molecular formula is C28H21N5O2. The highest BCUT2D eigenvalue weighted by molar-refractivity contribution is 6.15. The van der Waals surface area contributed by atoms with Gasteiger partial charge in [0.05, 0.1) is 11.3 Å². The molecule has 7 heteroatoms. The molecule has 1 unspecified atom stereocenters. The SMILES string of the molecule is CCN1C(=O)C2(C(C#N)=C(N)Oc3c2c(-c2ccccc2)nn3-c2ccccc2)c2ccccc21. The average molecular weight is 460 g/mol. The zero-order valence-electron chi connectivity index (χ0n) is 19.0. The van der Waals surface area contributed by atoms with E-state index in [0.29, 0.717) is 29.2 Å². The van der Waals surface area contributed by atoms with Crippen LogP contribution in [0.15, 0.2) is 96.4 Å². The third kappa shape index (κ3) is 2.65. The minimum absolute atomic E-state index is 0.0724. The van der Waals surface area contributed by atoms with Crippen LogP contribution in [-0.2, 0) is 10.2 Å². The van der Waals surface area contributed by atoms with Crippen molar-refractivity contribution in [3.8, 4) is 28.9 Å². The molecule has 1 atom stereocenters. The van der Waals surface area contributed by atoms with Crippen molar-refractivity contribution in [2.75, 3.05) is 11.4 Å². The van der Waals surface area contributed by atoms with Gasteiger partial charge in [-0.1, -0.05) is 66.7 Å². The van der Waals surface area contributed by atoms with E-state index >= 15 is 0 Å². The summed E-state index contributed by atoms with van der Waals surface area (Å²) in [6.07, 6.45) is 0. The summed E-state index contributed by atoms with van der Waals surface area (Å²) in [6, 6.07) is 28.9. The van der Waals surface area contributed by atoms with Crippen LogP contribution in [-0.4, -0.2) is 22.2 Å². The first kappa shape index (κ1) is 20.8. The van der Waals surface area contributed by atoms with Gasteiger partial charge in [-0.15, -0.1) is 0 Å². The molecule has 1 aromatic heterocycles. The smallest absolute Gasteiger partial charge is 0.247 e. The van der Waals surface area contributed by atoms with Crippen LogP contribution >= 0.6 is 0 Å². The largest absolute Gasteiger partial charge is 0.422 e. The topological polar surface area (TPSA) is 97.2 Å². The lowest BCUT2D eigenvalue weighted by Gasteiger charge is -2.33. The standard InChI is InChI=1S/C28H21N5O2/c1-2-32-22-16-10-9-15-20(22)28(27(32)34)21(17-29)25(30)35-26-23(28)24(18-11-5-3-6-12-18)31-33(26)19-13-7-4-8-14-19/h3-16H,2,30H2,1H3. The van der Waals surface area contributed by atoms with E-state index in [1.54, 1.807) is 9.58 Å². The Morgan fingerprint density at radius 1 is 1.00 bits per heavy atom. The summed E-state index contributed by atoms with van der Waals surface area (Å²) >= 11 is 0. The number of likely N-dealkylation sites (N-methyl/N-ethyl adjacent to an activating group) is 1. The van der Waals surface area contributed by atoms with Gasteiger partial charge in [0.15, 0.2) is 0 Å². The molecule has 170 valence electrons. The highest BCUT2D eigenvalue weighted by atomic mass is 16.5. The van der Waals surface area contributed by atoms with Crippen LogP contribution in [0.5, 0.6) is 5.88 Å². The van der Waals surface area contributed by atoms with Crippen molar-refractivity contribution in [1.82, 2.24) is 9.78 Å².